The molecule has 0 atom stereocenters. The second-order valence-electron chi connectivity index (χ2n) is 5.45. The van der Waals surface area contributed by atoms with Crippen LogP contribution in [0.15, 0.2) is 28.7 Å². The third-order valence-corrected chi connectivity index (χ3v) is 5.65. The molecule has 120 valence electrons. The lowest BCUT2D eigenvalue weighted by atomic mass is 9.77. The summed E-state index contributed by atoms with van der Waals surface area (Å²) in [4.78, 5) is 23.0. The van der Waals surface area contributed by atoms with Gasteiger partial charge in [0.2, 0.25) is 5.91 Å². The maximum Gasteiger partial charge on any atom is 0.329 e. The van der Waals surface area contributed by atoms with Crippen molar-refractivity contribution in [3.63, 3.8) is 0 Å². The second-order valence-corrected chi connectivity index (χ2v) is 8.43. The highest BCUT2D eigenvalue weighted by Crippen LogP contribution is 2.32. The van der Waals surface area contributed by atoms with Gasteiger partial charge in [0.15, 0.2) is 9.84 Å². The van der Waals surface area contributed by atoms with Crippen LogP contribution in [0, 0.1) is 0 Å². The lowest BCUT2D eigenvalue weighted by molar-refractivity contribution is -0.151. The molecule has 22 heavy (non-hydrogen) atoms. The highest BCUT2D eigenvalue weighted by Gasteiger charge is 2.45. The van der Waals surface area contributed by atoms with E-state index in [0.717, 1.165) is 4.47 Å². The lowest BCUT2D eigenvalue weighted by Crippen LogP contribution is -2.60. The number of amides is 1. The van der Waals surface area contributed by atoms with Crippen molar-refractivity contribution in [3.05, 3.63) is 34.3 Å². The zero-order chi connectivity index (χ0) is 16.4. The average Bonchev–Trinajstić information content (AvgIpc) is 2.35. The van der Waals surface area contributed by atoms with Crippen molar-refractivity contribution in [3.8, 4) is 0 Å². The maximum absolute atomic E-state index is 12.0. The van der Waals surface area contributed by atoms with E-state index in [1.165, 1.54) is 0 Å². The Morgan fingerprint density at radius 1 is 1.23 bits per heavy atom. The number of halogens is 1. The van der Waals surface area contributed by atoms with Crippen LogP contribution in [0.25, 0.3) is 0 Å². The van der Waals surface area contributed by atoms with E-state index in [1.54, 1.807) is 24.3 Å². The predicted molar refractivity (Wildman–Crippen MR) is 84.0 cm³/mol. The Morgan fingerprint density at radius 2 is 1.82 bits per heavy atom. The minimum Gasteiger partial charge on any atom is -0.480 e. The normalized spacial score (nSPS) is 16.6. The summed E-state index contributed by atoms with van der Waals surface area (Å²) in [6, 6.07) is 6.76. The van der Waals surface area contributed by atoms with Crippen LogP contribution in [-0.2, 0) is 25.2 Å². The molecule has 1 fully saturated rings. The van der Waals surface area contributed by atoms with Gasteiger partial charge in [-0.25, -0.2) is 13.2 Å². The third kappa shape index (κ3) is 4.07. The number of rotatable bonds is 6. The zero-order valence-electron chi connectivity index (χ0n) is 11.7. The predicted octanol–water partition coefficient (Wildman–Crippen LogP) is 1.49. The molecule has 0 spiro atoms. The van der Waals surface area contributed by atoms with Crippen LogP contribution in [-0.4, -0.2) is 36.7 Å². The Bertz CT molecular complexity index is 680. The number of carboxylic acid groups (broad SMARTS) is 1. The largest absolute Gasteiger partial charge is 0.480 e. The molecule has 1 aromatic carbocycles. The third-order valence-electron chi connectivity index (χ3n) is 3.65. The maximum atomic E-state index is 12.0. The fraction of sp³-hybridized carbons (Fsp3) is 0.429. The highest BCUT2D eigenvalue weighted by atomic mass is 79.9. The van der Waals surface area contributed by atoms with Crippen molar-refractivity contribution < 1.29 is 23.1 Å². The molecule has 1 amide bonds. The van der Waals surface area contributed by atoms with Gasteiger partial charge in [0.25, 0.3) is 0 Å². The van der Waals surface area contributed by atoms with Gasteiger partial charge in [-0.05, 0) is 37.0 Å². The standard InChI is InChI=1S/C14H16BrNO5S/c15-11-4-2-10(3-5-11)8-22(20,21)9-12(17)16-14(13(18)19)6-1-7-14/h2-5H,1,6-9H2,(H,16,17)(H,18,19). The topological polar surface area (TPSA) is 101 Å². The molecule has 1 aliphatic rings. The number of hydrogen-bond acceptors (Lipinski definition) is 4. The van der Waals surface area contributed by atoms with E-state index < -0.39 is 33.0 Å². The van der Waals surface area contributed by atoms with Crippen LogP contribution in [0.1, 0.15) is 24.8 Å². The molecule has 0 heterocycles. The van der Waals surface area contributed by atoms with Gasteiger partial charge < -0.3 is 10.4 Å². The van der Waals surface area contributed by atoms with Crippen molar-refractivity contribution >= 4 is 37.6 Å². The molecular weight excluding hydrogens is 374 g/mol. The summed E-state index contributed by atoms with van der Waals surface area (Å²) in [5.41, 5.74) is -0.711. The summed E-state index contributed by atoms with van der Waals surface area (Å²) < 4.78 is 24.9. The lowest BCUT2D eigenvalue weighted by Gasteiger charge is -2.38. The first-order valence-corrected chi connectivity index (χ1v) is 9.33. The van der Waals surface area contributed by atoms with Gasteiger partial charge in [-0.15, -0.1) is 0 Å². The van der Waals surface area contributed by atoms with Crippen molar-refractivity contribution in [2.45, 2.75) is 30.6 Å². The molecule has 2 N–H and O–H groups in total. The summed E-state index contributed by atoms with van der Waals surface area (Å²) in [7, 11) is -3.65. The van der Waals surface area contributed by atoms with Gasteiger partial charge in [0.1, 0.15) is 11.3 Å². The van der Waals surface area contributed by atoms with Crippen LogP contribution in [0.4, 0.5) is 0 Å². The Balaban J connectivity index is 1.98. The SMILES string of the molecule is O=C(CS(=O)(=O)Cc1ccc(Br)cc1)NC1(C(=O)O)CCC1. The molecule has 0 unspecified atom stereocenters. The number of benzene rings is 1. The summed E-state index contributed by atoms with van der Waals surface area (Å²) in [5, 5.41) is 11.5. The first-order chi connectivity index (χ1) is 10.2. The van der Waals surface area contributed by atoms with Crippen molar-refractivity contribution in [1.82, 2.24) is 5.32 Å². The molecule has 0 radical (unpaired) electrons. The first kappa shape index (κ1) is 17.0. The Kier molecular flexibility index (Phi) is 4.91. The van der Waals surface area contributed by atoms with Gasteiger partial charge in [-0.3, -0.25) is 4.79 Å². The fourth-order valence-corrected chi connectivity index (χ4v) is 3.85. The number of carboxylic acids is 1. The van der Waals surface area contributed by atoms with Gasteiger partial charge in [-0.2, -0.15) is 0 Å². The molecule has 1 saturated carbocycles. The van der Waals surface area contributed by atoms with E-state index in [1.807, 2.05) is 0 Å². The molecule has 0 saturated heterocycles. The van der Waals surface area contributed by atoms with Crippen molar-refractivity contribution in [2.24, 2.45) is 0 Å². The molecular formula is C14H16BrNO5S. The highest BCUT2D eigenvalue weighted by molar-refractivity contribution is 9.10. The van der Waals surface area contributed by atoms with Crippen LogP contribution in [0.3, 0.4) is 0 Å². The quantitative estimate of drug-likeness (QED) is 0.767. The number of hydrogen-bond donors (Lipinski definition) is 2. The van der Waals surface area contributed by atoms with Gasteiger partial charge in [0, 0.05) is 4.47 Å². The molecule has 6 nitrogen and oxygen atoms in total. The second kappa shape index (κ2) is 6.37. The fourth-order valence-electron chi connectivity index (χ4n) is 2.31. The number of carbonyl (C=O) groups is 2. The molecule has 8 heteroatoms. The van der Waals surface area contributed by atoms with E-state index in [9.17, 15) is 18.0 Å². The van der Waals surface area contributed by atoms with Crippen LogP contribution < -0.4 is 5.32 Å². The molecule has 1 aliphatic carbocycles. The number of aliphatic carboxylic acids is 1. The van der Waals surface area contributed by atoms with Gasteiger partial charge in [-0.1, -0.05) is 28.1 Å². The minimum atomic E-state index is -3.65. The number of carbonyl (C=O) groups excluding carboxylic acids is 1. The number of nitrogens with one attached hydrogen (secondary N) is 1. The van der Waals surface area contributed by atoms with E-state index in [4.69, 9.17) is 5.11 Å². The Labute approximate surface area is 137 Å². The number of sulfone groups is 1. The van der Waals surface area contributed by atoms with Crippen LogP contribution in [0.2, 0.25) is 0 Å². The van der Waals surface area contributed by atoms with Crippen molar-refractivity contribution in [1.29, 1.82) is 0 Å². The van der Waals surface area contributed by atoms with Crippen LogP contribution in [0.5, 0.6) is 0 Å². The van der Waals surface area contributed by atoms with Gasteiger partial charge in [0.05, 0.1) is 5.75 Å². The molecule has 1 aromatic rings. The molecule has 0 aliphatic heterocycles. The van der Waals surface area contributed by atoms with E-state index in [2.05, 4.69) is 21.2 Å². The summed E-state index contributed by atoms with van der Waals surface area (Å²) in [5.74, 6) is -2.84. The molecule has 2 rings (SSSR count). The van der Waals surface area contributed by atoms with E-state index >= 15 is 0 Å². The van der Waals surface area contributed by atoms with Crippen LogP contribution >= 0.6 is 15.9 Å². The van der Waals surface area contributed by atoms with Crippen molar-refractivity contribution in [2.75, 3.05) is 5.75 Å². The van der Waals surface area contributed by atoms with E-state index in [-0.39, 0.29) is 5.75 Å². The average molecular weight is 390 g/mol. The first-order valence-electron chi connectivity index (χ1n) is 6.72. The summed E-state index contributed by atoms with van der Waals surface area (Å²) in [6.07, 6.45) is 1.37. The molecule has 0 bridgehead atoms. The zero-order valence-corrected chi connectivity index (χ0v) is 14.1. The van der Waals surface area contributed by atoms with Gasteiger partial charge >= 0.3 is 5.97 Å². The smallest absolute Gasteiger partial charge is 0.329 e. The van der Waals surface area contributed by atoms with E-state index in [0.29, 0.717) is 24.8 Å². The molecule has 0 aromatic heterocycles. The Morgan fingerprint density at radius 3 is 2.27 bits per heavy atom. The minimum absolute atomic E-state index is 0.256. The Hall–Kier alpha value is -1.41. The summed E-state index contributed by atoms with van der Waals surface area (Å²) >= 11 is 3.26. The monoisotopic (exact) mass is 389 g/mol. The summed E-state index contributed by atoms with van der Waals surface area (Å²) in [6.45, 7) is 0.